The molecule has 236 valence electrons. The molecule has 3 aromatic rings. The van der Waals surface area contributed by atoms with Gasteiger partial charge in [0.2, 0.25) is 0 Å². The van der Waals surface area contributed by atoms with E-state index < -0.39 is 10.9 Å². The van der Waals surface area contributed by atoms with E-state index in [1.165, 1.54) is 25.3 Å². The minimum atomic E-state index is -0.472. The molecule has 0 aliphatic carbocycles. The smallest absolute Gasteiger partial charge is 0.343 e. The zero-order valence-corrected chi connectivity index (χ0v) is 26.5. The highest BCUT2D eigenvalue weighted by Gasteiger charge is 2.18. The van der Waals surface area contributed by atoms with Crippen LogP contribution in [0.4, 0.5) is 5.69 Å². The van der Waals surface area contributed by atoms with Crippen LogP contribution in [0, 0.1) is 16.0 Å². The van der Waals surface area contributed by atoms with Crippen molar-refractivity contribution in [2.45, 2.75) is 85.0 Å². The van der Waals surface area contributed by atoms with Gasteiger partial charge in [-0.05, 0) is 91.6 Å². The van der Waals surface area contributed by atoms with Crippen LogP contribution in [0.1, 0.15) is 95.3 Å². The van der Waals surface area contributed by atoms with Gasteiger partial charge in [-0.3, -0.25) is 10.1 Å². The Hall–Kier alpha value is -4.13. The second kappa shape index (κ2) is 19.2. The van der Waals surface area contributed by atoms with E-state index in [0.717, 1.165) is 56.3 Å². The van der Waals surface area contributed by atoms with Gasteiger partial charge < -0.3 is 14.2 Å². The fraction of sp³-hybridized carbons (Fsp3) is 0.432. The summed E-state index contributed by atoms with van der Waals surface area (Å²) >= 11 is 0. The third kappa shape index (κ3) is 11.9. The summed E-state index contributed by atoms with van der Waals surface area (Å²) in [4.78, 5) is 24.0. The predicted octanol–water partition coefficient (Wildman–Crippen LogP) is 10.4. The lowest BCUT2D eigenvalue weighted by Crippen LogP contribution is -2.09. The highest BCUT2D eigenvalue weighted by atomic mass is 16.6. The monoisotopic (exact) mass is 601 g/mol. The first-order valence-corrected chi connectivity index (χ1v) is 16.0. The van der Waals surface area contributed by atoms with E-state index in [-0.39, 0.29) is 11.4 Å². The maximum absolute atomic E-state index is 12.7. The van der Waals surface area contributed by atoms with Crippen LogP contribution in [0.5, 0.6) is 17.2 Å². The number of nitro benzene ring substituents is 1. The molecule has 0 saturated heterocycles. The van der Waals surface area contributed by atoms with E-state index in [4.69, 9.17) is 14.2 Å². The Balaban J connectivity index is 1.49. The second-order valence-corrected chi connectivity index (χ2v) is 11.2. The van der Waals surface area contributed by atoms with Crippen molar-refractivity contribution in [3.05, 3.63) is 94.6 Å². The average molecular weight is 602 g/mol. The van der Waals surface area contributed by atoms with Gasteiger partial charge in [0.05, 0.1) is 23.7 Å². The van der Waals surface area contributed by atoms with Crippen LogP contribution >= 0.6 is 0 Å². The molecule has 44 heavy (non-hydrogen) atoms. The summed E-state index contributed by atoms with van der Waals surface area (Å²) in [5.74, 6) is 1.23. The number of nitrogens with zero attached hydrogens (tertiary/aromatic N) is 1. The van der Waals surface area contributed by atoms with E-state index in [1.807, 2.05) is 0 Å². The Morgan fingerprint density at radius 2 is 1.45 bits per heavy atom. The Kier molecular flexibility index (Phi) is 15.0. The molecule has 0 saturated carbocycles. The predicted molar refractivity (Wildman–Crippen MR) is 177 cm³/mol. The number of carbonyl (C=O) groups excluding carboxylic acids is 1. The van der Waals surface area contributed by atoms with Crippen molar-refractivity contribution in [2.75, 3.05) is 13.2 Å². The molecule has 0 aromatic heterocycles. The van der Waals surface area contributed by atoms with Gasteiger partial charge in [-0.1, -0.05) is 83.2 Å². The number of hydrogen-bond donors (Lipinski definition) is 0. The molecule has 1 atom stereocenters. The molecule has 0 unspecified atom stereocenters. The van der Waals surface area contributed by atoms with Gasteiger partial charge in [0.1, 0.15) is 11.5 Å². The summed E-state index contributed by atoms with van der Waals surface area (Å²) in [6.07, 6.45) is 15.8. The number of unbranched alkanes of at least 4 members (excludes halogenated alkanes) is 6. The van der Waals surface area contributed by atoms with Crippen LogP contribution in [-0.4, -0.2) is 24.1 Å². The van der Waals surface area contributed by atoms with Crippen molar-refractivity contribution in [2.24, 2.45) is 5.92 Å². The molecule has 3 rings (SSSR count). The maximum atomic E-state index is 12.7. The Morgan fingerprint density at radius 1 is 0.795 bits per heavy atom. The van der Waals surface area contributed by atoms with Crippen molar-refractivity contribution in [3.63, 3.8) is 0 Å². The number of esters is 1. The fourth-order valence-corrected chi connectivity index (χ4v) is 4.70. The van der Waals surface area contributed by atoms with E-state index in [2.05, 4.69) is 32.9 Å². The number of carbonyl (C=O) groups is 1. The van der Waals surface area contributed by atoms with Crippen LogP contribution in [0.15, 0.2) is 78.9 Å². The zero-order valence-electron chi connectivity index (χ0n) is 26.5. The molecule has 0 spiro atoms. The number of nitro groups is 1. The summed E-state index contributed by atoms with van der Waals surface area (Å²) in [6, 6.07) is 18.8. The number of ether oxygens (including phenoxy) is 3. The van der Waals surface area contributed by atoms with Gasteiger partial charge in [0, 0.05) is 6.07 Å². The number of hydrogen-bond acceptors (Lipinski definition) is 6. The van der Waals surface area contributed by atoms with Gasteiger partial charge in [-0.2, -0.15) is 0 Å². The molecule has 7 heteroatoms. The first kappa shape index (κ1) is 34.4. The van der Waals surface area contributed by atoms with Gasteiger partial charge in [-0.15, -0.1) is 0 Å². The summed E-state index contributed by atoms with van der Waals surface area (Å²) in [5.41, 5.74) is 1.80. The molecule has 0 aliphatic rings. The molecule has 0 N–H and O–H groups in total. The molecule has 7 nitrogen and oxygen atoms in total. The first-order valence-electron chi connectivity index (χ1n) is 16.0. The van der Waals surface area contributed by atoms with Crippen LogP contribution in [0.25, 0.3) is 11.1 Å². The molecule has 0 bridgehead atoms. The third-order valence-electron chi connectivity index (χ3n) is 7.39. The van der Waals surface area contributed by atoms with Gasteiger partial charge in [0.25, 0.3) is 0 Å². The highest BCUT2D eigenvalue weighted by Crippen LogP contribution is 2.33. The van der Waals surface area contributed by atoms with E-state index in [0.29, 0.717) is 36.0 Å². The van der Waals surface area contributed by atoms with E-state index in [9.17, 15) is 14.9 Å². The summed E-state index contributed by atoms with van der Waals surface area (Å²) < 4.78 is 17.2. The minimum Gasteiger partial charge on any atom is -0.494 e. The van der Waals surface area contributed by atoms with Crippen LogP contribution < -0.4 is 14.2 Å². The minimum absolute atomic E-state index is 0.0684. The van der Waals surface area contributed by atoms with Crippen LogP contribution in [0.3, 0.4) is 0 Å². The van der Waals surface area contributed by atoms with Crippen molar-refractivity contribution in [1.29, 1.82) is 0 Å². The largest absolute Gasteiger partial charge is 0.494 e. The summed E-state index contributed by atoms with van der Waals surface area (Å²) in [6.45, 7) is 7.55. The van der Waals surface area contributed by atoms with Crippen molar-refractivity contribution in [1.82, 2.24) is 0 Å². The highest BCUT2D eigenvalue weighted by molar-refractivity contribution is 5.91. The molecular weight excluding hydrogens is 554 g/mol. The van der Waals surface area contributed by atoms with E-state index in [1.54, 1.807) is 60.7 Å². The van der Waals surface area contributed by atoms with Gasteiger partial charge >= 0.3 is 11.7 Å². The van der Waals surface area contributed by atoms with Crippen molar-refractivity contribution in [3.8, 4) is 28.4 Å². The Morgan fingerprint density at radius 3 is 2.14 bits per heavy atom. The second-order valence-electron chi connectivity index (χ2n) is 11.2. The number of rotatable bonds is 20. The number of benzene rings is 3. The molecule has 3 aromatic carbocycles. The van der Waals surface area contributed by atoms with Crippen LogP contribution in [-0.2, 0) is 0 Å². The summed E-state index contributed by atoms with van der Waals surface area (Å²) in [5, 5.41) is 11.8. The lowest BCUT2D eigenvalue weighted by molar-refractivity contribution is -0.385. The average Bonchev–Trinajstić information content (AvgIpc) is 3.03. The number of allylic oxidation sites excluding steroid dienone is 2. The quantitative estimate of drug-likeness (QED) is 0.0320. The SMILES string of the molecule is CCCC/C=C/CCCCOc1ccc(C(=O)Oc2ccc(-c3ccc(OC[C@H](C)CCCCC)c([N+](=O)[O-])c3)cc2)cc1. The summed E-state index contributed by atoms with van der Waals surface area (Å²) in [7, 11) is 0. The standard InChI is InChI=1S/C37H47NO6/c1-4-6-8-9-10-11-12-14-26-42-33-21-18-31(19-22-33)37(39)44-34-23-16-30(17-24-34)32-20-25-36(35(27-32)38(40)41)43-28-29(3)15-13-7-5-2/h9-10,16-25,27,29H,4-8,11-15,26,28H2,1-3H3/b10-9+/t29-/m1/s1. The van der Waals surface area contributed by atoms with Crippen LogP contribution in [0.2, 0.25) is 0 Å². The lowest BCUT2D eigenvalue weighted by Gasteiger charge is -2.13. The molecular formula is C37H47NO6. The van der Waals surface area contributed by atoms with E-state index >= 15 is 0 Å². The third-order valence-corrected chi connectivity index (χ3v) is 7.39. The molecule has 0 fully saturated rings. The van der Waals surface area contributed by atoms with Gasteiger partial charge in [0.15, 0.2) is 5.75 Å². The van der Waals surface area contributed by atoms with Crippen molar-refractivity contribution >= 4 is 11.7 Å². The van der Waals surface area contributed by atoms with Crippen molar-refractivity contribution < 1.29 is 23.9 Å². The maximum Gasteiger partial charge on any atom is 0.343 e. The molecule has 0 heterocycles. The fourth-order valence-electron chi connectivity index (χ4n) is 4.70. The molecule has 0 aliphatic heterocycles. The Labute approximate surface area is 262 Å². The van der Waals surface area contributed by atoms with Gasteiger partial charge in [-0.25, -0.2) is 4.79 Å². The topological polar surface area (TPSA) is 87.9 Å². The Bertz CT molecular complexity index is 1320. The normalized spacial score (nSPS) is 11.8. The molecule has 0 amide bonds. The zero-order chi connectivity index (χ0) is 31.6. The molecule has 0 radical (unpaired) electrons. The first-order chi connectivity index (χ1) is 21.4. The lowest BCUT2D eigenvalue weighted by atomic mass is 10.0.